The fraction of sp³-hybridized carbons (Fsp3) is 0.105. The molecule has 2 aromatic rings. The molecule has 1 aliphatic rings. The Morgan fingerprint density at radius 2 is 1.93 bits per heavy atom. The van der Waals surface area contributed by atoms with E-state index in [1.165, 1.54) is 4.90 Å². The zero-order valence-electron chi connectivity index (χ0n) is 13.9. The standard InChI is InChI=1S/C19H14ClNO5S/c20-14-6-4-12(5-7-14)10-21-18(24)16(27-19(21)25)9-13-2-1-3-15(8-13)26-11-17(22)23/h1-9H,10-11H2,(H,22,23)/b16-9-. The Hall–Kier alpha value is -2.77. The van der Waals surface area contributed by atoms with Crippen LogP contribution >= 0.6 is 23.4 Å². The van der Waals surface area contributed by atoms with Crippen molar-refractivity contribution in [3.05, 3.63) is 69.6 Å². The number of ether oxygens (including phenoxy) is 1. The minimum atomic E-state index is -1.08. The molecule has 3 rings (SSSR count). The van der Waals surface area contributed by atoms with Gasteiger partial charge in [-0.15, -0.1) is 0 Å². The summed E-state index contributed by atoms with van der Waals surface area (Å²) in [5, 5.41) is 8.90. The predicted molar refractivity (Wildman–Crippen MR) is 103 cm³/mol. The van der Waals surface area contributed by atoms with E-state index in [4.69, 9.17) is 21.4 Å². The SMILES string of the molecule is O=C(O)COc1cccc(/C=C2\SC(=O)N(Cc3ccc(Cl)cc3)C2=O)c1. The Bertz CT molecular complexity index is 926. The van der Waals surface area contributed by atoms with Gasteiger partial charge in [0, 0.05) is 5.02 Å². The normalized spacial score (nSPS) is 15.4. The highest BCUT2D eigenvalue weighted by molar-refractivity contribution is 8.18. The van der Waals surface area contributed by atoms with Gasteiger partial charge in [0.2, 0.25) is 0 Å². The van der Waals surface area contributed by atoms with E-state index in [0.717, 1.165) is 17.3 Å². The van der Waals surface area contributed by atoms with Gasteiger partial charge in [-0.2, -0.15) is 0 Å². The summed E-state index contributed by atoms with van der Waals surface area (Å²) in [4.78, 5) is 36.8. The van der Waals surface area contributed by atoms with E-state index in [1.807, 2.05) is 0 Å². The first-order valence-corrected chi connectivity index (χ1v) is 9.06. The van der Waals surface area contributed by atoms with E-state index in [-0.39, 0.29) is 17.7 Å². The van der Waals surface area contributed by atoms with Crippen LogP contribution in [0, 0.1) is 0 Å². The third-order valence-electron chi connectivity index (χ3n) is 3.65. The van der Waals surface area contributed by atoms with Gasteiger partial charge < -0.3 is 9.84 Å². The molecule has 0 spiro atoms. The Labute approximate surface area is 164 Å². The smallest absolute Gasteiger partial charge is 0.341 e. The lowest BCUT2D eigenvalue weighted by atomic mass is 10.2. The minimum absolute atomic E-state index is 0.168. The molecule has 1 aliphatic heterocycles. The number of carboxylic acids is 1. The maximum Gasteiger partial charge on any atom is 0.341 e. The van der Waals surface area contributed by atoms with Gasteiger partial charge in [-0.1, -0.05) is 35.9 Å². The summed E-state index contributed by atoms with van der Waals surface area (Å²) in [5.74, 6) is -1.09. The van der Waals surface area contributed by atoms with Crippen LogP contribution < -0.4 is 4.74 Å². The maximum atomic E-state index is 12.6. The fourth-order valence-corrected chi connectivity index (χ4v) is 3.36. The predicted octanol–water partition coefficient (Wildman–Crippen LogP) is 4.04. The zero-order valence-corrected chi connectivity index (χ0v) is 15.5. The van der Waals surface area contributed by atoms with Crippen molar-refractivity contribution in [3.63, 3.8) is 0 Å². The first-order valence-electron chi connectivity index (χ1n) is 7.87. The highest BCUT2D eigenvalue weighted by atomic mass is 35.5. The zero-order chi connectivity index (χ0) is 19.4. The average Bonchev–Trinajstić information content (AvgIpc) is 2.89. The maximum absolute atomic E-state index is 12.6. The Morgan fingerprint density at radius 1 is 1.19 bits per heavy atom. The molecule has 0 saturated carbocycles. The molecule has 2 aromatic carbocycles. The summed E-state index contributed by atoms with van der Waals surface area (Å²) in [6.45, 7) is -0.290. The van der Waals surface area contributed by atoms with Crippen molar-refractivity contribution >= 4 is 46.6 Å². The lowest BCUT2D eigenvalue weighted by molar-refractivity contribution is -0.139. The number of nitrogens with zero attached hydrogens (tertiary/aromatic N) is 1. The molecule has 8 heteroatoms. The van der Waals surface area contributed by atoms with E-state index in [2.05, 4.69) is 0 Å². The fourth-order valence-electron chi connectivity index (χ4n) is 2.40. The molecule has 1 saturated heterocycles. The summed E-state index contributed by atoms with van der Waals surface area (Å²) in [7, 11) is 0. The van der Waals surface area contributed by atoms with Gasteiger partial charge in [-0.25, -0.2) is 4.79 Å². The van der Waals surface area contributed by atoms with Gasteiger partial charge in [0.1, 0.15) is 5.75 Å². The third kappa shape index (κ3) is 4.90. The Morgan fingerprint density at radius 3 is 2.63 bits per heavy atom. The molecular weight excluding hydrogens is 390 g/mol. The molecule has 6 nitrogen and oxygen atoms in total. The summed E-state index contributed by atoms with van der Waals surface area (Å²) in [5.41, 5.74) is 1.43. The van der Waals surface area contributed by atoms with Crippen molar-refractivity contribution in [2.75, 3.05) is 6.61 Å². The van der Waals surface area contributed by atoms with Crippen molar-refractivity contribution in [1.82, 2.24) is 4.90 Å². The van der Waals surface area contributed by atoms with Crippen LogP contribution in [0.5, 0.6) is 5.75 Å². The van der Waals surface area contributed by atoms with E-state index in [9.17, 15) is 14.4 Å². The van der Waals surface area contributed by atoms with Gasteiger partial charge in [-0.3, -0.25) is 14.5 Å². The van der Waals surface area contributed by atoms with Crippen LogP contribution in [0.3, 0.4) is 0 Å². The number of hydrogen-bond donors (Lipinski definition) is 1. The molecule has 2 amide bonds. The molecule has 1 N–H and O–H groups in total. The van der Waals surface area contributed by atoms with Crippen molar-refractivity contribution in [2.45, 2.75) is 6.54 Å². The largest absolute Gasteiger partial charge is 0.482 e. The number of rotatable bonds is 6. The quantitative estimate of drug-likeness (QED) is 0.733. The molecule has 0 aliphatic carbocycles. The third-order valence-corrected chi connectivity index (χ3v) is 4.81. The van der Waals surface area contributed by atoms with Crippen molar-refractivity contribution in [2.24, 2.45) is 0 Å². The highest BCUT2D eigenvalue weighted by Crippen LogP contribution is 2.33. The number of benzene rings is 2. The molecule has 27 heavy (non-hydrogen) atoms. The molecule has 1 fully saturated rings. The molecule has 0 atom stereocenters. The Kier molecular flexibility index (Phi) is 5.83. The first kappa shape index (κ1) is 19.0. The van der Waals surface area contributed by atoms with Crippen LogP contribution in [0.15, 0.2) is 53.4 Å². The number of carboxylic acid groups (broad SMARTS) is 1. The summed E-state index contributed by atoms with van der Waals surface area (Å²) in [6, 6.07) is 13.6. The molecule has 138 valence electrons. The molecule has 0 aromatic heterocycles. The molecule has 0 unspecified atom stereocenters. The van der Waals surface area contributed by atoms with Crippen LogP contribution in [0.25, 0.3) is 6.08 Å². The van der Waals surface area contributed by atoms with Crippen LogP contribution in [-0.2, 0) is 16.1 Å². The van der Waals surface area contributed by atoms with Crippen molar-refractivity contribution in [3.8, 4) is 5.75 Å². The monoisotopic (exact) mass is 403 g/mol. The molecule has 0 bridgehead atoms. The van der Waals surface area contributed by atoms with Crippen molar-refractivity contribution < 1.29 is 24.2 Å². The van der Waals surface area contributed by atoms with Crippen LogP contribution in [0.2, 0.25) is 5.02 Å². The minimum Gasteiger partial charge on any atom is -0.482 e. The summed E-state index contributed by atoms with van der Waals surface area (Å²) < 4.78 is 5.12. The van der Waals surface area contributed by atoms with Crippen LogP contribution in [0.1, 0.15) is 11.1 Å². The van der Waals surface area contributed by atoms with Gasteiger partial charge in [-0.05, 0) is 53.2 Å². The average molecular weight is 404 g/mol. The second-order valence-corrected chi connectivity index (χ2v) is 7.08. The number of halogens is 1. The summed E-state index contributed by atoms with van der Waals surface area (Å²) in [6.07, 6.45) is 1.58. The second kappa shape index (κ2) is 8.28. The highest BCUT2D eigenvalue weighted by Gasteiger charge is 2.34. The Balaban J connectivity index is 1.75. The molecule has 1 heterocycles. The van der Waals surface area contributed by atoms with E-state index >= 15 is 0 Å². The number of carbonyl (C=O) groups is 3. The first-order chi connectivity index (χ1) is 12.9. The number of thioether (sulfide) groups is 1. The number of aliphatic carboxylic acids is 1. The van der Waals surface area contributed by atoms with E-state index in [1.54, 1.807) is 54.6 Å². The van der Waals surface area contributed by atoms with Gasteiger partial charge in [0.05, 0.1) is 11.4 Å². The topological polar surface area (TPSA) is 83.9 Å². The molecular formula is C19H14ClNO5S. The summed E-state index contributed by atoms with van der Waals surface area (Å²) >= 11 is 6.71. The van der Waals surface area contributed by atoms with Crippen molar-refractivity contribution in [1.29, 1.82) is 0 Å². The second-order valence-electron chi connectivity index (χ2n) is 5.65. The number of imide groups is 1. The number of carbonyl (C=O) groups excluding carboxylic acids is 2. The van der Waals surface area contributed by atoms with Gasteiger partial charge in [0.15, 0.2) is 6.61 Å². The van der Waals surface area contributed by atoms with Gasteiger partial charge >= 0.3 is 5.97 Å². The lowest BCUT2D eigenvalue weighted by Gasteiger charge is -2.12. The molecule has 0 radical (unpaired) electrons. The number of amides is 2. The van der Waals surface area contributed by atoms with E-state index < -0.39 is 12.6 Å². The lowest BCUT2D eigenvalue weighted by Crippen LogP contribution is -2.27. The van der Waals surface area contributed by atoms with Gasteiger partial charge in [0.25, 0.3) is 11.1 Å². The number of hydrogen-bond acceptors (Lipinski definition) is 5. The van der Waals surface area contributed by atoms with Crippen LogP contribution in [-0.4, -0.2) is 33.7 Å². The van der Waals surface area contributed by atoms with E-state index in [0.29, 0.717) is 21.2 Å². The van der Waals surface area contributed by atoms with Crippen LogP contribution in [0.4, 0.5) is 4.79 Å².